The fraction of sp³-hybridized carbons (Fsp3) is 0.520. The largest absolute Gasteiger partial charge is 0.489 e. The molecule has 3 atom stereocenters. The molecular formula is C25H33N3O2. The molecule has 1 aliphatic heterocycles. The fourth-order valence-electron chi connectivity index (χ4n) is 4.83. The first-order valence-electron chi connectivity index (χ1n) is 11.2. The van der Waals surface area contributed by atoms with E-state index in [4.69, 9.17) is 4.74 Å². The Kier molecular flexibility index (Phi) is 6.80. The Labute approximate surface area is 180 Å². The summed E-state index contributed by atoms with van der Waals surface area (Å²) in [5.41, 5.74) is 2.32. The Morgan fingerprint density at radius 3 is 2.27 bits per heavy atom. The van der Waals surface area contributed by atoms with Gasteiger partial charge in [-0.15, -0.1) is 0 Å². The van der Waals surface area contributed by atoms with E-state index in [1.165, 1.54) is 0 Å². The highest BCUT2D eigenvalue weighted by molar-refractivity contribution is 5.63. The molecule has 1 saturated carbocycles. The normalized spacial score (nSPS) is 25.9. The van der Waals surface area contributed by atoms with Gasteiger partial charge in [0.2, 0.25) is 0 Å². The highest BCUT2D eigenvalue weighted by atomic mass is 16.5. The van der Waals surface area contributed by atoms with Crippen LogP contribution >= 0.6 is 0 Å². The van der Waals surface area contributed by atoms with E-state index in [2.05, 4.69) is 52.9 Å². The number of piperazine rings is 1. The summed E-state index contributed by atoms with van der Waals surface area (Å²) < 4.78 is 6.50. The van der Waals surface area contributed by atoms with Crippen LogP contribution in [0.5, 0.6) is 5.75 Å². The smallest absolute Gasteiger partial charge is 0.123 e. The lowest BCUT2D eigenvalue weighted by molar-refractivity contribution is -0.114. The molecule has 0 N–H and O–H groups in total. The second kappa shape index (κ2) is 9.71. The van der Waals surface area contributed by atoms with Crippen molar-refractivity contribution in [3.8, 4) is 16.9 Å². The van der Waals surface area contributed by atoms with Gasteiger partial charge in [-0.05, 0) is 68.5 Å². The monoisotopic (exact) mass is 407 g/mol. The zero-order valence-corrected chi connectivity index (χ0v) is 18.1. The van der Waals surface area contributed by atoms with Gasteiger partial charge in [-0.2, -0.15) is 0 Å². The van der Waals surface area contributed by atoms with Crippen molar-refractivity contribution in [1.29, 1.82) is 0 Å². The molecule has 2 fully saturated rings. The van der Waals surface area contributed by atoms with E-state index in [9.17, 15) is 4.79 Å². The summed E-state index contributed by atoms with van der Waals surface area (Å²) in [6.07, 6.45) is 7.68. The zero-order chi connectivity index (χ0) is 20.9. The average Bonchev–Trinajstić information content (AvgIpc) is 2.80. The standard InChI is InChI=1S/C25H33N3O2/c1-19(2)27-13-15-28(16-14-27)24-17-20(18-29)3-8-25(24)30-23-6-4-21(5-7-23)22-9-11-26-12-10-22/h4-7,9-12,18-20,24-25H,3,8,13-17H2,1-2H3. The van der Waals surface area contributed by atoms with E-state index < -0.39 is 0 Å². The third kappa shape index (κ3) is 4.90. The second-order valence-electron chi connectivity index (χ2n) is 8.86. The summed E-state index contributed by atoms with van der Waals surface area (Å²) in [5.74, 6) is 1.07. The number of carbonyl (C=O) groups excluding carboxylic acids is 1. The molecule has 2 heterocycles. The Hall–Kier alpha value is -2.24. The number of aldehydes is 1. The summed E-state index contributed by atoms with van der Waals surface area (Å²) in [6.45, 7) is 8.81. The molecule has 2 aliphatic rings. The molecule has 1 aliphatic carbocycles. The van der Waals surface area contributed by atoms with Crippen molar-refractivity contribution in [3.05, 3.63) is 48.8 Å². The van der Waals surface area contributed by atoms with Gasteiger partial charge in [0.15, 0.2) is 0 Å². The summed E-state index contributed by atoms with van der Waals surface area (Å²) in [7, 11) is 0. The van der Waals surface area contributed by atoms with Crippen LogP contribution in [0.3, 0.4) is 0 Å². The molecule has 0 bridgehead atoms. The van der Waals surface area contributed by atoms with Crippen molar-refractivity contribution >= 4 is 6.29 Å². The number of ether oxygens (including phenoxy) is 1. The molecule has 2 aromatic rings. The Morgan fingerprint density at radius 2 is 1.63 bits per heavy atom. The maximum Gasteiger partial charge on any atom is 0.123 e. The van der Waals surface area contributed by atoms with Gasteiger partial charge in [0.1, 0.15) is 18.1 Å². The number of carbonyl (C=O) groups is 1. The first-order valence-corrected chi connectivity index (χ1v) is 11.2. The van der Waals surface area contributed by atoms with Crippen LogP contribution in [0.4, 0.5) is 0 Å². The van der Waals surface area contributed by atoms with Crippen molar-refractivity contribution < 1.29 is 9.53 Å². The first kappa shape index (κ1) is 21.0. The Bertz CT molecular complexity index is 801. The average molecular weight is 408 g/mol. The van der Waals surface area contributed by atoms with E-state index in [-0.39, 0.29) is 12.0 Å². The molecule has 0 spiro atoms. The Morgan fingerprint density at radius 1 is 0.967 bits per heavy atom. The second-order valence-corrected chi connectivity index (χ2v) is 8.86. The van der Waals surface area contributed by atoms with Gasteiger partial charge in [-0.1, -0.05) is 12.1 Å². The number of hydrogen-bond acceptors (Lipinski definition) is 5. The predicted octanol–water partition coefficient (Wildman–Crippen LogP) is 3.89. The van der Waals surface area contributed by atoms with E-state index >= 15 is 0 Å². The minimum Gasteiger partial charge on any atom is -0.489 e. The maximum atomic E-state index is 11.5. The van der Waals surface area contributed by atoms with Crippen molar-refractivity contribution in [2.45, 2.75) is 51.3 Å². The lowest BCUT2D eigenvalue weighted by atomic mass is 9.83. The van der Waals surface area contributed by atoms with Gasteiger partial charge in [-0.3, -0.25) is 14.8 Å². The van der Waals surface area contributed by atoms with E-state index in [1.54, 1.807) is 0 Å². The quantitative estimate of drug-likeness (QED) is 0.680. The summed E-state index contributed by atoms with van der Waals surface area (Å²) in [4.78, 5) is 20.7. The van der Waals surface area contributed by atoms with Crippen molar-refractivity contribution in [3.63, 3.8) is 0 Å². The van der Waals surface area contributed by atoms with Gasteiger partial charge >= 0.3 is 0 Å². The highest BCUT2D eigenvalue weighted by Crippen LogP contribution is 2.32. The predicted molar refractivity (Wildman–Crippen MR) is 120 cm³/mol. The summed E-state index contributed by atoms with van der Waals surface area (Å²) in [6, 6.07) is 13.3. The van der Waals surface area contributed by atoms with Crippen LogP contribution in [-0.2, 0) is 4.79 Å². The Balaban J connectivity index is 1.44. The SMILES string of the molecule is CC(C)N1CCN(C2CC(C=O)CCC2Oc2ccc(-c3ccncc3)cc2)CC1. The van der Waals surface area contributed by atoms with Crippen LogP contribution in [0, 0.1) is 5.92 Å². The third-order valence-corrected chi connectivity index (χ3v) is 6.69. The minimum absolute atomic E-state index is 0.138. The number of rotatable bonds is 6. The number of pyridine rings is 1. The van der Waals surface area contributed by atoms with Gasteiger partial charge in [0.05, 0.1) is 0 Å². The molecule has 1 saturated heterocycles. The molecular weight excluding hydrogens is 374 g/mol. The van der Waals surface area contributed by atoms with Crippen LogP contribution in [-0.4, -0.2) is 65.4 Å². The molecule has 1 aromatic heterocycles. The summed E-state index contributed by atoms with van der Waals surface area (Å²) >= 11 is 0. The maximum absolute atomic E-state index is 11.5. The lowest BCUT2D eigenvalue weighted by Crippen LogP contribution is -2.57. The third-order valence-electron chi connectivity index (χ3n) is 6.69. The van der Waals surface area contributed by atoms with Crippen LogP contribution < -0.4 is 4.74 Å². The lowest BCUT2D eigenvalue weighted by Gasteiger charge is -2.45. The zero-order valence-electron chi connectivity index (χ0n) is 18.1. The van der Waals surface area contributed by atoms with Gasteiger partial charge in [0, 0.05) is 56.6 Å². The molecule has 30 heavy (non-hydrogen) atoms. The van der Waals surface area contributed by atoms with E-state index in [0.29, 0.717) is 12.1 Å². The summed E-state index contributed by atoms with van der Waals surface area (Å²) in [5, 5.41) is 0. The molecule has 0 amide bonds. The van der Waals surface area contributed by atoms with Crippen molar-refractivity contribution in [2.24, 2.45) is 5.92 Å². The van der Waals surface area contributed by atoms with Crippen LogP contribution in [0.15, 0.2) is 48.8 Å². The number of hydrogen-bond donors (Lipinski definition) is 0. The van der Waals surface area contributed by atoms with E-state index in [1.807, 2.05) is 24.5 Å². The van der Waals surface area contributed by atoms with Crippen LogP contribution in [0.25, 0.3) is 11.1 Å². The first-order chi connectivity index (χ1) is 14.6. The topological polar surface area (TPSA) is 45.7 Å². The molecule has 5 heteroatoms. The number of benzene rings is 1. The van der Waals surface area contributed by atoms with Crippen LogP contribution in [0.1, 0.15) is 33.1 Å². The van der Waals surface area contributed by atoms with Gasteiger partial charge in [-0.25, -0.2) is 0 Å². The van der Waals surface area contributed by atoms with Crippen molar-refractivity contribution in [1.82, 2.24) is 14.8 Å². The molecule has 160 valence electrons. The van der Waals surface area contributed by atoms with Crippen molar-refractivity contribution in [2.75, 3.05) is 26.2 Å². The minimum atomic E-state index is 0.138. The number of nitrogens with zero attached hydrogens (tertiary/aromatic N) is 3. The fourth-order valence-corrected chi connectivity index (χ4v) is 4.83. The van der Waals surface area contributed by atoms with Crippen LogP contribution in [0.2, 0.25) is 0 Å². The molecule has 5 nitrogen and oxygen atoms in total. The van der Waals surface area contributed by atoms with Gasteiger partial charge in [0.25, 0.3) is 0 Å². The van der Waals surface area contributed by atoms with E-state index in [0.717, 1.165) is 68.6 Å². The number of aromatic nitrogens is 1. The molecule has 4 rings (SSSR count). The molecule has 0 radical (unpaired) electrons. The molecule has 3 unspecified atom stereocenters. The molecule has 1 aromatic carbocycles. The highest BCUT2D eigenvalue weighted by Gasteiger charge is 2.37. The van der Waals surface area contributed by atoms with Gasteiger partial charge < -0.3 is 9.53 Å².